The van der Waals surface area contributed by atoms with E-state index >= 15 is 0 Å². The zero-order valence-corrected chi connectivity index (χ0v) is 20.7. The largest absolute Gasteiger partial charge is 0.496 e. The minimum absolute atomic E-state index is 0.102. The Hall–Kier alpha value is -2.94. The average molecular weight is 505 g/mol. The highest BCUT2D eigenvalue weighted by atomic mass is 19.4. The van der Waals surface area contributed by atoms with Gasteiger partial charge in [-0.25, -0.2) is 4.79 Å². The number of carbonyl (C=O) groups is 1. The molecule has 0 radical (unpaired) electrons. The number of alkyl halides is 3. The third-order valence-electron chi connectivity index (χ3n) is 7.66. The monoisotopic (exact) mass is 504 g/mol. The molecule has 3 saturated heterocycles. The van der Waals surface area contributed by atoms with Crippen molar-refractivity contribution in [3.63, 3.8) is 0 Å². The summed E-state index contributed by atoms with van der Waals surface area (Å²) in [6.45, 7) is 7.24. The fourth-order valence-corrected chi connectivity index (χ4v) is 5.56. The number of fused-ring (bicyclic) bond motifs is 4. The van der Waals surface area contributed by atoms with Crippen LogP contribution in [0.15, 0.2) is 36.4 Å². The van der Waals surface area contributed by atoms with Crippen molar-refractivity contribution in [2.45, 2.75) is 45.0 Å². The van der Waals surface area contributed by atoms with Crippen molar-refractivity contribution in [2.75, 3.05) is 33.4 Å². The van der Waals surface area contributed by atoms with Gasteiger partial charge in [0.2, 0.25) is 0 Å². The van der Waals surface area contributed by atoms with Crippen LogP contribution in [0.2, 0.25) is 0 Å². The molecule has 6 nitrogen and oxygen atoms in total. The molecule has 2 bridgehead atoms. The topological polar surface area (TPSA) is 60.0 Å². The number of hydrogen-bond donors (Lipinski definition) is 1. The van der Waals surface area contributed by atoms with Gasteiger partial charge in [-0.3, -0.25) is 4.90 Å². The maximum absolute atomic E-state index is 13.5. The molecule has 0 saturated carbocycles. The smallest absolute Gasteiger partial charge is 0.419 e. The number of rotatable bonds is 4. The van der Waals surface area contributed by atoms with E-state index in [9.17, 15) is 18.0 Å². The number of amides is 1. The van der Waals surface area contributed by atoms with Crippen LogP contribution in [0, 0.1) is 11.3 Å². The van der Waals surface area contributed by atoms with Crippen LogP contribution in [-0.4, -0.2) is 50.4 Å². The molecule has 4 aliphatic rings. The molecule has 36 heavy (non-hydrogen) atoms. The lowest BCUT2D eigenvalue weighted by Crippen LogP contribution is -2.53. The van der Waals surface area contributed by atoms with E-state index in [0.29, 0.717) is 29.4 Å². The Morgan fingerprint density at radius 2 is 1.81 bits per heavy atom. The summed E-state index contributed by atoms with van der Waals surface area (Å²) in [4.78, 5) is 15.3. The molecule has 3 fully saturated rings. The fourth-order valence-electron chi connectivity index (χ4n) is 5.56. The highest BCUT2D eigenvalue weighted by molar-refractivity contribution is 5.71. The molecular weight excluding hydrogens is 473 g/mol. The molecule has 4 heterocycles. The van der Waals surface area contributed by atoms with E-state index in [1.54, 1.807) is 18.2 Å². The van der Waals surface area contributed by atoms with Crippen molar-refractivity contribution < 1.29 is 32.2 Å². The van der Waals surface area contributed by atoms with Gasteiger partial charge in [-0.1, -0.05) is 32.0 Å². The van der Waals surface area contributed by atoms with Gasteiger partial charge < -0.3 is 19.5 Å². The average Bonchev–Trinajstić information content (AvgIpc) is 2.85. The Kier molecular flexibility index (Phi) is 6.31. The maximum atomic E-state index is 13.5. The number of hydrogen-bond acceptors (Lipinski definition) is 5. The lowest BCUT2D eigenvalue weighted by molar-refractivity contribution is -0.138. The standard InChI is InChI=1S/C27H31F3N2O4/c1-26(2)15-35-22-13-18(17-5-7-21(34-3)20(12-17)27(28,29)30)4-6-19(22)24(26)31-25(33)36-23-14-32-10-8-16(23)9-11-32/h4-7,12-13,16,23-24H,8-11,14-15H2,1-3H3,(H,31,33)/t23-,24?/m0/s1. The number of nitrogens with one attached hydrogen (secondary N) is 1. The predicted molar refractivity (Wildman–Crippen MR) is 128 cm³/mol. The third kappa shape index (κ3) is 4.73. The van der Waals surface area contributed by atoms with Crippen molar-refractivity contribution in [3.05, 3.63) is 47.5 Å². The first-order valence-electron chi connectivity index (χ1n) is 12.3. The molecule has 1 unspecified atom stereocenters. The zero-order valence-electron chi connectivity index (χ0n) is 20.7. The summed E-state index contributed by atoms with van der Waals surface area (Å²) in [6.07, 6.45) is -2.99. The zero-order chi connectivity index (χ0) is 25.7. The second kappa shape index (κ2) is 9.18. The van der Waals surface area contributed by atoms with Gasteiger partial charge in [-0.05, 0) is 61.2 Å². The first-order chi connectivity index (χ1) is 17.0. The van der Waals surface area contributed by atoms with Gasteiger partial charge >= 0.3 is 12.3 Å². The molecule has 2 aromatic rings. The second-order valence-corrected chi connectivity index (χ2v) is 10.6. The van der Waals surface area contributed by atoms with E-state index in [1.165, 1.54) is 13.2 Å². The third-order valence-corrected chi connectivity index (χ3v) is 7.66. The number of methoxy groups -OCH3 is 1. The number of piperidine rings is 3. The van der Waals surface area contributed by atoms with Crippen LogP contribution >= 0.6 is 0 Å². The molecule has 0 aromatic heterocycles. The summed E-state index contributed by atoms with van der Waals surface area (Å²) in [6, 6.07) is 8.89. The van der Waals surface area contributed by atoms with Crippen LogP contribution in [0.5, 0.6) is 11.5 Å². The van der Waals surface area contributed by atoms with Crippen LogP contribution in [0.25, 0.3) is 11.1 Å². The molecule has 2 atom stereocenters. The van der Waals surface area contributed by atoms with E-state index in [0.717, 1.165) is 44.1 Å². The number of nitrogens with zero attached hydrogens (tertiary/aromatic N) is 1. The molecule has 4 aliphatic heterocycles. The van der Waals surface area contributed by atoms with Crippen LogP contribution < -0.4 is 14.8 Å². The number of alkyl carbamates (subject to hydrolysis) is 1. The van der Waals surface area contributed by atoms with E-state index in [1.807, 2.05) is 19.9 Å². The highest BCUT2D eigenvalue weighted by Gasteiger charge is 2.41. The summed E-state index contributed by atoms with van der Waals surface area (Å²) in [5.41, 5.74) is 0.496. The lowest BCUT2D eigenvalue weighted by atomic mass is 9.78. The van der Waals surface area contributed by atoms with Gasteiger partial charge in [0.25, 0.3) is 0 Å². The van der Waals surface area contributed by atoms with E-state index in [-0.39, 0.29) is 17.9 Å². The van der Waals surface area contributed by atoms with Gasteiger partial charge in [-0.15, -0.1) is 0 Å². The number of benzene rings is 2. The Balaban J connectivity index is 1.38. The Morgan fingerprint density at radius 3 is 2.44 bits per heavy atom. The Bertz CT molecular complexity index is 1140. The minimum Gasteiger partial charge on any atom is -0.496 e. The van der Waals surface area contributed by atoms with Crippen molar-refractivity contribution in [3.8, 4) is 22.6 Å². The summed E-state index contributed by atoms with van der Waals surface area (Å²) in [5, 5.41) is 3.05. The van der Waals surface area contributed by atoms with Crippen molar-refractivity contribution in [1.82, 2.24) is 10.2 Å². The van der Waals surface area contributed by atoms with E-state index in [4.69, 9.17) is 14.2 Å². The quantitative estimate of drug-likeness (QED) is 0.582. The molecular formula is C27H31F3N2O4. The normalized spacial score (nSPS) is 26.5. The minimum atomic E-state index is -4.54. The molecule has 6 rings (SSSR count). The molecule has 1 amide bonds. The van der Waals surface area contributed by atoms with Crippen LogP contribution in [-0.2, 0) is 10.9 Å². The summed E-state index contributed by atoms with van der Waals surface area (Å²) >= 11 is 0. The molecule has 2 aromatic carbocycles. The number of carbonyl (C=O) groups excluding carboxylic acids is 1. The van der Waals surface area contributed by atoms with Crippen molar-refractivity contribution in [1.29, 1.82) is 0 Å². The van der Waals surface area contributed by atoms with Crippen LogP contribution in [0.4, 0.5) is 18.0 Å². The summed E-state index contributed by atoms with van der Waals surface area (Å²) in [7, 11) is 1.22. The molecule has 1 N–H and O–H groups in total. The Labute approximate surface area is 208 Å². The summed E-state index contributed by atoms with van der Waals surface area (Å²) < 4.78 is 57.3. The van der Waals surface area contributed by atoms with Gasteiger partial charge in [0.15, 0.2) is 0 Å². The highest BCUT2D eigenvalue weighted by Crippen LogP contribution is 2.45. The van der Waals surface area contributed by atoms with E-state index < -0.39 is 23.2 Å². The molecule has 0 spiro atoms. The van der Waals surface area contributed by atoms with Crippen LogP contribution in [0.1, 0.15) is 43.9 Å². The van der Waals surface area contributed by atoms with Crippen molar-refractivity contribution in [2.24, 2.45) is 11.3 Å². The molecule has 194 valence electrons. The maximum Gasteiger partial charge on any atom is 0.419 e. The fraction of sp³-hybridized carbons (Fsp3) is 0.519. The first kappa shape index (κ1) is 24.7. The Morgan fingerprint density at radius 1 is 1.11 bits per heavy atom. The van der Waals surface area contributed by atoms with Crippen molar-refractivity contribution >= 4 is 6.09 Å². The SMILES string of the molecule is COc1ccc(-c2ccc3c(c2)OCC(C)(C)C3NC(=O)O[C@H]2CN3CCC2CC3)cc1C(F)(F)F. The van der Waals surface area contributed by atoms with E-state index in [2.05, 4.69) is 10.2 Å². The van der Waals surface area contributed by atoms with Crippen LogP contribution in [0.3, 0.4) is 0 Å². The second-order valence-electron chi connectivity index (χ2n) is 10.6. The molecule has 9 heteroatoms. The molecule has 0 aliphatic carbocycles. The van der Waals surface area contributed by atoms with Gasteiger partial charge in [0, 0.05) is 17.5 Å². The number of ether oxygens (including phenoxy) is 3. The van der Waals surface area contributed by atoms with Gasteiger partial charge in [-0.2, -0.15) is 13.2 Å². The van der Waals surface area contributed by atoms with Gasteiger partial charge in [0.05, 0.1) is 25.3 Å². The number of halogens is 3. The summed E-state index contributed by atoms with van der Waals surface area (Å²) in [5.74, 6) is 0.710. The van der Waals surface area contributed by atoms with Gasteiger partial charge in [0.1, 0.15) is 17.6 Å². The lowest BCUT2D eigenvalue weighted by Gasteiger charge is -2.44. The first-order valence-corrected chi connectivity index (χ1v) is 12.3. The predicted octanol–water partition coefficient (Wildman–Crippen LogP) is 5.66.